The molecule has 1 heterocycles. The highest BCUT2D eigenvalue weighted by Crippen LogP contribution is 2.35. The third-order valence-corrected chi connectivity index (χ3v) is 4.56. The summed E-state index contributed by atoms with van der Waals surface area (Å²) in [5.41, 5.74) is 1.31. The molecule has 26 heavy (non-hydrogen) atoms. The summed E-state index contributed by atoms with van der Waals surface area (Å²) < 4.78 is 12.0. The van der Waals surface area contributed by atoms with Gasteiger partial charge in [0.25, 0.3) is 0 Å². The number of hydrogen-bond acceptors (Lipinski definition) is 4. The molecule has 0 saturated carbocycles. The lowest BCUT2D eigenvalue weighted by Crippen LogP contribution is -2.33. The van der Waals surface area contributed by atoms with Crippen LogP contribution in [0.3, 0.4) is 0 Å². The summed E-state index contributed by atoms with van der Waals surface area (Å²) in [6, 6.07) is 12.3. The van der Waals surface area contributed by atoms with E-state index in [0.717, 1.165) is 10.0 Å². The Kier molecular flexibility index (Phi) is 5.42. The summed E-state index contributed by atoms with van der Waals surface area (Å²) >= 11 is 3.38. The zero-order chi connectivity index (χ0) is 18.7. The van der Waals surface area contributed by atoms with Crippen molar-refractivity contribution < 1.29 is 19.1 Å². The Morgan fingerprint density at radius 2 is 1.85 bits per heavy atom. The molecule has 0 radical (unpaired) electrons. The van der Waals surface area contributed by atoms with Crippen LogP contribution >= 0.6 is 15.9 Å². The van der Waals surface area contributed by atoms with Gasteiger partial charge in [0.05, 0.1) is 5.56 Å². The average molecular weight is 416 g/mol. The second-order valence-corrected chi connectivity index (χ2v) is 6.61. The third kappa shape index (κ3) is 3.80. The van der Waals surface area contributed by atoms with Gasteiger partial charge < -0.3 is 14.4 Å². The summed E-state index contributed by atoms with van der Waals surface area (Å²) in [4.78, 5) is 26.1. The minimum absolute atomic E-state index is 0.190. The number of allylic oxidation sites excluding steroid dienone is 1. The number of halogens is 1. The molecule has 5 nitrogen and oxygen atoms in total. The molecular weight excluding hydrogens is 398 g/mol. The van der Waals surface area contributed by atoms with Crippen molar-refractivity contribution in [2.45, 2.75) is 13.8 Å². The molecule has 2 aromatic carbocycles. The second kappa shape index (κ2) is 7.74. The van der Waals surface area contributed by atoms with E-state index in [1.165, 1.54) is 0 Å². The van der Waals surface area contributed by atoms with Crippen LogP contribution in [0.15, 0.2) is 52.7 Å². The fourth-order valence-corrected chi connectivity index (χ4v) is 2.85. The Hall–Kier alpha value is -2.60. The lowest BCUT2D eigenvalue weighted by atomic mass is 10.1. The maximum atomic E-state index is 12.5. The maximum Gasteiger partial charge on any atom is 0.415 e. The molecule has 0 fully saturated rings. The lowest BCUT2D eigenvalue weighted by molar-refractivity contribution is 0.101. The molecule has 134 valence electrons. The van der Waals surface area contributed by atoms with Crippen molar-refractivity contribution in [2.75, 3.05) is 13.1 Å². The molecule has 0 saturated heterocycles. The van der Waals surface area contributed by atoms with E-state index in [4.69, 9.17) is 9.47 Å². The van der Waals surface area contributed by atoms with E-state index in [1.54, 1.807) is 29.2 Å². The van der Waals surface area contributed by atoms with Crippen molar-refractivity contribution in [2.24, 2.45) is 0 Å². The van der Waals surface area contributed by atoms with E-state index in [1.807, 2.05) is 38.1 Å². The summed E-state index contributed by atoms with van der Waals surface area (Å²) in [6.45, 7) is 4.90. The van der Waals surface area contributed by atoms with Gasteiger partial charge in [-0.15, -0.1) is 0 Å². The van der Waals surface area contributed by atoms with Crippen LogP contribution in [0, 0.1) is 0 Å². The number of carbonyl (C=O) groups excluding carboxylic acids is 2. The first-order valence-corrected chi connectivity index (χ1v) is 9.11. The predicted octanol–water partition coefficient (Wildman–Crippen LogP) is 4.91. The highest BCUT2D eigenvalue weighted by Gasteiger charge is 2.28. The number of rotatable bonds is 4. The number of ketones is 1. The van der Waals surface area contributed by atoms with E-state index in [2.05, 4.69) is 15.9 Å². The monoisotopic (exact) mass is 415 g/mol. The van der Waals surface area contributed by atoms with Crippen LogP contribution in [0.1, 0.15) is 29.8 Å². The number of fused-ring (bicyclic) bond motifs is 1. The first kappa shape index (κ1) is 18.2. The maximum absolute atomic E-state index is 12.5. The molecule has 0 aromatic heterocycles. The molecule has 0 bridgehead atoms. The minimum atomic E-state index is -0.426. The Morgan fingerprint density at radius 3 is 2.50 bits per heavy atom. The van der Waals surface area contributed by atoms with E-state index in [-0.39, 0.29) is 11.5 Å². The molecule has 3 rings (SSSR count). The van der Waals surface area contributed by atoms with E-state index >= 15 is 0 Å². The van der Waals surface area contributed by atoms with E-state index in [0.29, 0.717) is 30.2 Å². The normalized spacial score (nSPS) is 14.1. The number of ether oxygens (including phenoxy) is 2. The lowest BCUT2D eigenvalue weighted by Gasteiger charge is -2.17. The summed E-state index contributed by atoms with van der Waals surface area (Å²) in [5.74, 6) is 0.792. The van der Waals surface area contributed by atoms with Gasteiger partial charge in [0.15, 0.2) is 5.76 Å². The van der Waals surface area contributed by atoms with Crippen molar-refractivity contribution in [1.82, 2.24) is 4.90 Å². The van der Waals surface area contributed by atoms with Crippen LogP contribution < -0.4 is 9.47 Å². The molecule has 6 heteroatoms. The topological polar surface area (TPSA) is 55.8 Å². The van der Waals surface area contributed by atoms with Gasteiger partial charge in [0.1, 0.15) is 11.5 Å². The van der Waals surface area contributed by atoms with Crippen LogP contribution in [0.2, 0.25) is 0 Å². The highest BCUT2D eigenvalue weighted by molar-refractivity contribution is 9.10. The molecular formula is C20H18BrNO4. The average Bonchev–Trinajstić information content (AvgIpc) is 2.93. The van der Waals surface area contributed by atoms with Crippen molar-refractivity contribution in [1.29, 1.82) is 0 Å². The van der Waals surface area contributed by atoms with Gasteiger partial charge in [-0.2, -0.15) is 0 Å². The van der Waals surface area contributed by atoms with Gasteiger partial charge >= 0.3 is 6.09 Å². The van der Waals surface area contributed by atoms with Gasteiger partial charge in [-0.05, 0) is 49.8 Å². The second-order valence-electron chi connectivity index (χ2n) is 5.69. The first-order chi connectivity index (χ1) is 12.5. The fourth-order valence-electron chi connectivity index (χ4n) is 2.59. The van der Waals surface area contributed by atoms with E-state index < -0.39 is 6.09 Å². The van der Waals surface area contributed by atoms with Gasteiger partial charge in [-0.25, -0.2) is 4.79 Å². The number of Topliss-reactive ketones (excluding diaryl/α,β-unsaturated/α-hetero) is 1. The van der Waals surface area contributed by atoms with Crippen molar-refractivity contribution in [3.8, 4) is 11.5 Å². The molecule has 1 aliphatic rings. The van der Waals surface area contributed by atoms with Crippen LogP contribution in [-0.2, 0) is 0 Å². The zero-order valence-corrected chi connectivity index (χ0v) is 16.1. The summed E-state index contributed by atoms with van der Waals surface area (Å²) in [6.07, 6.45) is 1.26. The summed E-state index contributed by atoms with van der Waals surface area (Å²) in [5, 5.41) is 0. The number of nitrogens with zero attached hydrogens (tertiary/aromatic N) is 1. The quantitative estimate of drug-likeness (QED) is 0.665. The largest absolute Gasteiger partial charge is 0.452 e. The molecule has 1 amide bonds. The fraction of sp³-hybridized carbons (Fsp3) is 0.200. The number of amides is 1. The number of carbonyl (C=O) groups is 2. The van der Waals surface area contributed by atoms with Gasteiger partial charge in [-0.3, -0.25) is 4.79 Å². The van der Waals surface area contributed by atoms with Crippen molar-refractivity contribution in [3.63, 3.8) is 0 Å². The van der Waals surface area contributed by atoms with Gasteiger partial charge in [0, 0.05) is 23.6 Å². The van der Waals surface area contributed by atoms with Gasteiger partial charge in [0.2, 0.25) is 5.78 Å². The molecule has 0 spiro atoms. The van der Waals surface area contributed by atoms with Crippen LogP contribution in [-0.4, -0.2) is 29.9 Å². The molecule has 1 aliphatic heterocycles. The SMILES string of the molecule is CCN(CC)C(=O)Oc1ccc2c(c1)O/C(=C\c1ccc(Br)cc1)C2=O. The van der Waals surface area contributed by atoms with Crippen LogP contribution in [0.4, 0.5) is 4.79 Å². The molecule has 0 aliphatic carbocycles. The highest BCUT2D eigenvalue weighted by atomic mass is 79.9. The minimum Gasteiger partial charge on any atom is -0.452 e. The molecule has 0 atom stereocenters. The number of benzene rings is 2. The standard InChI is InChI=1S/C20H18BrNO4/c1-3-22(4-2)20(24)25-15-9-10-16-17(12-15)26-18(19(16)23)11-13-5-7-14(21)8-6-13/h5-12H,3-4H2,1-2H3/b18-11-. The van der Waals surface area contributed by atoms with Crippen molar-refractivity contribution >= 4 is 33.9 Å². The van der Waals surface area contributed by atoms with Crippen LogP contribution in [0.25, 0.3) is 6.08 Å². The summed E-state index contributed by atoms with van der Waals surface area (Å²) in [7, 11) is 0. The Bertz CT molecular complexity index is 870. The zero-order valence-electron chi connectivity index (χ0n) is 14.5. The molecule has 0 N–H and O–H groups in total. The first-order valence-electron chi connectivity index (χ1n) is 8.32. The third-order valence-electron chi connectivity index (χ3n) is 4.04. The number of hydrogen-bond donors (Lipinski definition) is 0. The Balaban J connectivity index is 1.80. The van der Waals surface area contributed by atoms with E-state index in [9.17, 15) is 9.59 Å². The van der Waals surface area contributed by atoms with Crippen molar-refractivity contribution in [3.05, 3.63) is 63.8 Å². The Morgan fingerprint density at radius 1 is 1.15 bits per heavy atom. The van der Waals surface area contributed by atoms with Gasteiger partial charge in [-0.1, -0.05) is 28.1 Å². The van der Waals surface area contributed by atoms with Crippen LogP contribution in [0.5, 0.6) is 11.5 Å². The Labute approximate surface area is 160 Å². The molecule has 2 aromatic rings. The predicted molar refractivity (Wildman–Crippen MR) is 102 cm³/mol. The smallest absolute Gasteiger partial charge is 0.415 e. The molecule has 0 unspecified atom stereocenters.